The number of likely N-dealkylation sites (tertiary alicyclic amines) is 1. The van der Waals surface area contributed by atoms with Gasteiger partial charge in [0.25, 0.3) is 0 Å². The fraction of sp³-hybridized carbons (Fsp3) is 0.562. The van der Waals surface area contributed by atoms with E-state index in [2.05, 4.69) is 17.1 Å². The predicted molar refractivity (Wildman–Crippen MR) is 83.6 cm³/mol. The van der Waals surface area contributed by atoms with E-state index in [0.29, 0.717) is 12.1 Å². The van der Waals surface area contributed by atoms with Gasteiger partial charge in [-0.3, -0.25) is 4.79 Å². The first-order valence-corrected chi connectivity index (χ1v) is 7.51. The number of amides is 1. The molecule has 0 aliphatic carbocycles. The van der Waals surface area contributed by atoms with Crippen LogP contribution in [-0.4, -0.2) is 30.4 Å². The van der Waals surface area contributed by atoms with E-state index in [1.165, 1.54) is 25.9 Å². The van der Waals surface area contributed by atoms with Crippen LogP contribution in [0.15, 0.2) is 24.3 Å². The van der Waals surface area contributed by atoms with Crippen LogP contribution in [0.2, 0.25) is 0 Å². The fourth-order valence-corrected chi connectivity index (χ4v) is 2.59. The highest BCUT2D eigenvalue weighted by atomic mass is 16.1. The third-order valence-corrected chi connectivity index (χ3v) is 3.92. The number of carbonyl (C=O) groups is 1. The van der Waals surface area contributed by atoms with E-state index in [0.717, 1.165) is 24.6 Å². The first kappa shape index (κ1) is 14.9. The Balaban J connectivity index is 1.65. The van der Waals surface area contributed by atoms with Crippen LogP contribution in [0.4, 0.5) is 11.4 Å². The summed E-state index contributed by atoms with van der Waals surface area (Å²) in [6.07, 6.45) is 4.06. The van der Waals surface area contributed by atoms with Crippen molar-refractivity contribution in [3.63, 3.8) is 0 Å². The summed E-state index contributed by atoms with van der Waals surface area (Å²) in [4.78, 5) is 14.3. The van der Waals surface area contributed by atoms with E-state index in [1.54, 1.807) is 6.07 Å². The molecule has 1 saturated heterocycles. The molecule has 0 bridgehead atoms. The molecule has 3 N–H and O–H groups in total. The van der Waals surface area contributed by atoms with Crippen molar-refractivity contribution in [2.24, 2.45) is 5.92 Å². The van der Waals surface area contributed by atoms with Crippen LogP contribution in [0, 0.1) is 5.92 Å². The van der Waals surface area contributed by atoms with E-state index in [1.807, 2.05) is 18.2 Å². The van der Waals surface area contributed by atoms with Crippen molar-refractivity contribution in [1.82, 2.24) is 4.90 Å². The van der Waals surface area contributed by atoms with Crippen molar-refractivity contribution in [2.75, 3.05) is 30.7 Å². The molecule has 1 fully saturated rings. The second-order valence-corrected chi connectivity index (χ2v) is 5.80. The van der Waals surface area contributed by atoms with Gasteiger partial charge in [0.1, 0.15) is 0 Å². The quantitative estimate of drug-likeness (QED) is 0.812. The van der Waals surface area contributed by atoms with Gasteiger partial charge in [0, 0.05) is 17.8 Å². The lowest BCUT2D eigenvalue weighted by atomic mass is 9.99. The summed E-state index contributed by atoms with van der Waals surface area (Å²) in [5, 5.41) is 2.89. The van der Waals surface area contributed by atoms with Crippen molar-refractivity contribution in [1.29, 1.82) is 0 Å². The molecule has 110 valence electrons. The molecule has 1 aliphatic rings. The Morgan fingerprint density at radius 1 is 1.40 bits per heavy atom. The number of nitrogens with one attached hydrogen (secondary N) is 1. The van der Waals surface area contributed by atoms with Crippen molar-refractivity contribution < 1.29 is 4.79 Å². The average Bonchev–Trinajstić information content (AvgIpc) is 2.41. The normalized spacial score (nSPS) is 17.1. The second kappa shape index (κ2) is 7.29. The SMILES string of the molecule is CC1CCN(CCCC(=O)Nc2cccc(N)c2)CC1. The molecule has 20 heavy (non-hydrogen) atoms. The Labute approximate surface area is 121 Å². The number of piperidine rings is 1. The molecule has 0 atom stereocenters. The molecule has 1 amide bonds. The van der Waals surface area contributed by atoms with Crippen molar-refractivity contribution in [3.8, 4) is 0 Å². The number of hydrogen-bond acceptors (Lipinski definition) is 3. The minimum Gasteiger partial charge on any atom is -0.399 e. The molecule has 0 unspecified atom stereocenters. The minimum absolute atomic E-state index is 0.0703. The van der Waals surface area contributed by atoms with Crippen LogP contribution >= 0.6 is 0 Å². The highest BCUT2D eigenvalue weighted by Crippen LogP contribution is 2.16. The highest BCUT2D eigenvalue weighted by Gasteiger charge is 2.15. The zero-order valence-corrected chi connectivity index (χ0v) is 12.3. The van der Waals surface area contributed by atoms with Gasteiger partial charge in [-0.15, -0.1) is 0 Å². The Morgan fingerprint density at radius 3 is 2.85 bits per heavy atom. The minimum atomic E-state index is 0.0703. The molecule has 2 rings (SSSR count). The standard InChI is InChI=1S/C16H25N3O/c1-13-7-10-19(11-8-13)9-3-6-16(20)18-15-5-2-4-14(17)12-15/h2,4-5,12-13H,3,6-11,17H2,1H3,(H,18,20). The number of hydrogen-bond donors (Lipinski definition) is 2. The van der Waals surface area contributed by atoms with E-state index in [-0.39, 0.29) is 5.91 Å². The van der Waals surface area contributed by atoms with Gasteiger partial charge < -0.3 is 16.0 Å². The van der Waals surface area contributed by atoms with E-state index in [9.17, 15) is 4.79 Å². The maximum atomic E-state index is 11.8. The molecule has 1 aromatic carbocycles. The van der Waals surface area contributed by atoms with Gasteiger partial charge in [0.05, 0.1) is 0 Å². The number of anilines is 2. The van der Waals surface area contributed by atoms with Crippen LogP contribution in [0.1, 0.15) is 32.6 Å². The summed E-state index contributed by atoms with van der Waals surface area (Å²) in [5.74, 6) is 0.930. The number of carbonyl (C=O) groups excluding carboxylic acids is 1. The zero-order chi connectivity index (χ0) is 14.4. The summed E-state index contributed by atoms with van der Waals surface area (Å²) < 4.78 is 0. The molecule has 1 aromatic rings. The van der Waals surface area contributed by atoms with Crippen molar-refractivity contribution in [3.05, 3.63) is 24.3 Å². The lowest BCUT2D eigenvalue weighted by Crippen LogP contribution is -2.33. The number of nitrogens with zero attached hydrogens (tertiary/aromatic N) is 1. The Kier molecular flexibility index (Phi) is 5.41. The first-order chi connectivity index (χ1) is 9.63. The van der Waals surface area contributed by atoms with Gasteiger partial charge in [0.15, 0.2) is 0 Å². The summed E-state index contributed by atoms with van der Waals surface area (Å²) in [6.45, 7) is 5.70. The molecule has 4 nitrogen and oxygen atoms in total. The molecule has 0 spiro atoms. The smallest absolute Gasteiger partial charge is 0.224 e. The van der Waals surface area contributed by atoms with Gasteiger partial charge in [-0.05, 0) is 63.0 Å². The Morgan fingerprint density at radius 2 is 2.15 bits per heavy atom. The zero-order valence-electron chi connectivity index (χ0n) is 12.3. The molecule has 4 heteroatoms. The molecular weight excluding hydrogens is 250 g/mol. The Bertz CT molecular complexity index is 439. The van der Waals surface area contributed by atoms with Crippen molar-refractivity contribution in [2.45, 2.75) is 32.6 Å². The molecule has 0 aromatic heterocycles. The lowest BCUT2D eigenvalue weighted by molar-refractivity contribution is -0.116. The first-order valence-electron chi connectivity index (χ1n) is 7.51. The molecule has 0 saturated carbocycles. The summed E-state index contributed by atoms with van der Waals surface area (Å²) >= 11 is 0. The topological polar surface area (TPSA) is 58.4 Å². The van der Waals surface area contributed by atoms with E-state index in [4.69, 9.17) is 5.73 Å². The van der Waals surface area contributed by atoms with Gasteiger partial charge >= 0.3 is 0 Å². The third-order valence-electron chi connectivity index (χ3n) is 3.92. The monoisotopic (exact) mass is 275 g/mol. The average molecular weight is 275 g/mol. The van der Waals surface area contributed by atoms with Crippen LogP contribution in [0.3, 0.4) is 0 Å². The van der Waals surface area contributed by atoms with Gasteiger partial charge in [-0.1, -0.05) is 13.0 Å². The van der Waals surface area contributed by atoms with Crippen molar-refractivity contribution >= 4 is 17.3 Å². The summed E-state index contributed by atoms with van der Waals surface area (Å²) in [6, 6.07) is 7.30. The third kappa shape index (κ3) is 4.85. The predicted octanol–water partition coefficient (Wildman–Crippen LogP) is 2.72. The van der Waals surface area contributed by atoms with Crippen LogP contribution in [0.25, 0.3) is 0 Å². The number of nitrogen functional groups attached to an aromatic ring is 1. The van der Waals surface area contributed by atoms with Crippen LogP contribution < -0.4 is 11.1 Å². The molecule has 1 aliphatic heterocycles. The van der Waals surface area contributed by atoms with E-state index >= 15 is 0 Å². The summed E-state index contributed by atoms with van der Waals surface area (Å²) in [5.41, 5.74) is 7.14. The molecular formula is C16H25N3O. The fourth-order valence-electron chi connectivity index (χ4n) is 2.59. The van der Waals surface area contributed by atoms with E-state index < -0.39 is 0 Å². The molecule has 0 radical (unpaired) electrons. The van der Waals surface area contributed by atoms with Crippen LogP contribution in [-0.2, 0) is 4.79 Å². The maximum Gasteiger partial charge on any atom is 0.224 e. The summed E-state index contributed by atoms with van der Waals surface area (Å²) in [7, 11) is 0. The molecule has 1 heterocycles. The number of nitrogens with two attached hydrogens (primary N) is 1. The number of rotatable bonds is 5. The Hall–Kier alpha value is -1.55. The maximum absolute atomic E-state index is 11.8. The van der Waals surface area contributed by atoms with Crippen LogP contribution in [0.5, 0.6) is 0 Å². The lowest BCUT2D eigenvalue weighted by Gasteiger charge is -2.29. The number of benzene rings is 1. The second-order valence-electron chi connectivity index (χ2n) is 5.80. The highest BCUT2D eigenvalue weighted by molar-refractivity contribution is 5.91. The largest absolute Gasteiger partial charge is 0.399 e. The van der Waals surface area contributed by atoms with Gasteiger partial charge in [-0.25, -0.2) is 0 Å². The van der Waals surface area contributed by atoms with Gasteiger partial charge in [0.2, 0.25) is 5.91 Å². The van der Waals surface area contributed by atoms with Gasteiger partial charge in [-0.2, -0.15) is 0 Å².